The van der Waals surface area contributed by atoms with Crippen molar-refractivity contribution in [2.75, 3.05) is 12.9 Å². The van der Waals surface area contributed by atoms with E-state index in [2.05, 4.69) is 5.64 Å². The second-order valence-corrected chi connectivity index (χ2v) is 4.32. The fourth-order valence-corrected chi connectivity index (χ4v) is 1.59. The first-order valence-corrected chi connectivity index (χ1v) is 7.17. The van der Waals surface area contributed by atoms with Crippen LogP contribution in [0.2, 0.25) is 0 Å². The summed E-state index contributed by atoms with van der Waals surface area (Å²) in [5, 5.41) is 0. The Hall–Kier alpha value is -1.08. The molecule has 1 unspecified atom stereocenters. The van der Waals surface area contributed by atoms with Crippen molar-refractivity contribution in [2.24, 2.45) is 0 Å². The largest absolute Gasteiger partial charge is 0.466 e. The Labute approximate surface area is 117 Å². The van der Waals surface area contributed by atoms with Gasteiger partial charge < -0.3 is 4.74 Å². The molecule has 1 N–H and O–H groups in total. The number of hydrogen-bond acceptors (Lipinski definition) is 6. The minimum atomic E-state index is -0.213. The number of hydrogen-bond donors (Lipinski definition) is 1. The van der Waals surface area contributed by atoms with Crippen LogP contribution >= 0.6 is 12.0 Å². The number of nitrogens with one attached hydrogen (secondary N) is 1. The van der Waals surface area contributed by atoms with Crippen LogP contribution in [0.4, 0.5) is 0 Å². The van der Waals surface area contributed by atoms with Gasteiger partial charge in [-0.15, -0.1) is 0 Å². The fourth-order valence-electron chi connectivity index (χ4n) is 1.48. The summed E-state index contributed by atoms with van der Waals surface area (Å²) in [5.41, 5.74) is 4.30. The van der Waals surface area contributed by atoms with Crippen molar-refractivity contribution in [1.82, 2.24) is 5.64 Å². The number of benzene rings is 1. The average molecular weight is 285 g/mol. The van der Waals surface area contributed by atoms with Gasteiger partial charge in [-0.2, -0.15) is 0 Å². The molecule has 1 atom stereocenters. The van der Waals surface area contributed by atoms with E-state index < -0.39 is 0 Å². The molecule has 1 rings (SSSR count). The third-order valence-electron chi connectivity index (χ3n) is 2.45. The number of carbonyl (C=O) groups excluding carboxylic acids is 1. The van der Waals surface area contributed by atoms with Gasteiger partial charge >= 0.3 is 5.97 Å². The fraction of sp³-hybridized carbons (Fsp3) is 0.462. The molecule has 0 radical (unpaired) electrons. The molecule has 0 saturated carbocycles. The van der Waals surface area contributed by atoms with Crippen LogP contribution in [0.3, 0.4) is 0 Å². The molecule has 6 heteroatoms. The number of esters is 1. The van der Waals surface area contributed by atoms with E-state index in [1.165, 1.54) is 12.0 Å². The SMILES string of the molecule is CCOC(=O)Cc1ccc(C(C)ONOSC)cc1. The molecule has 0 amide bonds. The van der Waals surface area contributed by atoms with Gasteiger partial charge in [-0.1, -0.05) is 29.9 Å². The van der Waals surface area contributed by atoms with Crippen molar-refractivity contribution in [1.29, 1.82) is 0 Å². The third-order valence-corrected chi connectivity index (χ3v) is 2.68. The van der Waals surface area contributed by atoms with Crippen molar-refractivity contribution in [3.63, 3.8) is 0 Å². The van der Waals surface area contributed by atoms with Gasteiger partial charge in [0, 0.05) is 18.3 Å². The molecule has 0 aliphatic heterocycles. The lowest BCUT2D eigenvalue weighted by molar-refractivity contribution is -0.142. The van der Waals surface area contributed by atoms with Crippen molar-refractivity contribution >= 4 is 18.0 Å². The number of ether oxygens (including phenoxy) is 1. The summed E-state index contributed by atoms with van der Waals surface area (Å²) in [5.74, 6) is -0.213. The molecule has 0 saturated heterocycles. The van der Waals surface area contributed by atoms with Crippen molar-refractivity contribution in [3.8, 4) is 0 Å². The van der Waals surface area contributed by atoms with Crippen LogP contribution in [0, 0.1) is 0 Å². The standard InChI is InChI=1S/C13H19NO4S/c1-4-16-13(15)9-11-5-7-12(8-6-11)10(2)17-14-18-19-3/h5-8,10,14H,4,9H2,1-3H3. The van der Waals surface area contributed by atoms with Crippen LogP contribution < -0.4 is 5.64 Å². The Morgan fingerprint density at radius 1 is 1.37 bits per heavy atom. The second-order valence-electron chi connectivity index (χ2n) is 3.82. The lowest BCUT2D eigenvalue weighted by atomic mass is 10.1. The Morgan fingerprint density at radius 3 is 2.63 bits per heavy atom. The highest BCUT2D eigenvalue weighted by Crippen LogP contribution is 2.16. The van der Waals surface area contributed by atoms with Gasteiger partial charge in [0.05, 0.1) is 13.0 Å². The summed E-state index contributed by atoms with van der Waals surface area (Å²) in [6, 6.07) is 7.61. The molecule has 5 nitrogen and oxygen atoms in total. The van der Waals surface area contributed by atoms with Gasteiger partial charge in [0.2, 0.25) is 0 Å². The van der Waals surface area contributed by atoms with E-state index in [4.69, 9.17) is 13.9 Å². The monoisotopic (exact) mass is 285 g/mol. The maximum Gasteiger partial charge on any atom is 0.310 e. The van der Waals surface area contributed by atoms with E-state index in [1.54, 1.807) is 13.2 Å². The van der Waals surface area contributed by atoms with Crippen LogP contribution in [-0.4, -0.2) is 18.8 Å². The molecular formula is C13H19NO4S. The molecule has 1 aromatic carbocycles. The molecular weight excluding hydrogens is 266 g/mol. The van der Waals surface area contributed by atoms with E-state index >= 15 is 0 Å². The van der Waals surface area contributed by atoms with Crippen LogP contribution in [0.15, 0.2) is 24.3 Å². The average Bonchev–Trinajstić information content (AvgIpc) is 2.40. The minimum Gasteiger partial charge on any atom is -0.466 e. The molecule has 19 heavy (non-hydrogen) atoms. The van der Waals surface area contributed by atoms with E-state index in [9.17, 15) is 4.79 Å². The molecule has 0 aliphatic rings. The predicted octanol–water partition coefficient (Wildman–Crippen LogP) is 2.58. The molecule has 0 bridgehead atoms. The Balaban J connectivity index is 2.48. The molecule has 1 aromatic rings. The van der Waals surface area contributed by atoms with E-state index in [-0.39, 0.29) is 18.5 Å². The van der Waals surface area contributed by atoms with Crippen molar-refractivity contribution < 1.29 is 18.7 Å². The molecule has 0 heterocycles. The predicted molar refractivity (Wildman–Crippen MR) is 74.0 cm³/mol. The Morgan fingerprint density at radius 2 is 2.05 bits per heavy atom. The lowest BCUT2D eigenvalue weighted by Crippen LogP contribution is -2.14. The van der Waals surface area contributed by atoms with Gasteiger partial charge in [-0.3, -0.25) is 9.63 Å². The van der Waals surface area contributed by atoms with Crippen LogP contribution in [0.1, 0.15) is 31.1 Å². The molecule has 0 aromatic heterocycles. The smallest absolute Gasteiger partial charge is 0.310 e. The van der Waals surface area contributed by atoms with Gasteiger partial charge in [0.15, 0.2) is 0 Å². The molecule has 0 spiro atoms. The van der Waals surface area contributed by atoms with Crippen molar-refractivity contribution in [3.05, 3.63) is 35.4 Å². The van der Waals surface area contributed by atoms with Gasteiger partial charge in [-0.25, -0.2) is 4.28 Å². The van der Waals surface area contributed by atoms with E-state index in [1.807, 2.05) is 31.2 Å². The number of rotatable bonds is 8. The Bertz CT molecular complexity index is 383. The van der Waals surface area contributed by atoms with E-state index in [0.717, 1.165) is 11.1 Å². The zero-order valence-electron chi connectivity index (χ0n) is 11.3. The first-order chi connectivity index (χ1) is 9.17. The highest BCUT2D eigenvalue weighted by atomic mass is 32.2. The maximum atomic E-state index is 11.3. The zero-order chi connectivity index (χ0) is 14.1. The zero-order valence-corrected chi connectivity index (χ0v) is 12.2. The Kier molecular flexibility index (Phi) is 7.50. The second kappa shape index (κ2) is 8.92. The number of carbonyl (C=O) groups is 1. The summed E-state index contributed by atoms with van der Waals surface area (Å²) in [4.78, 5) is 16.6. The quantitative estimate of drug-likeness (QED) is 0.343. The topological polar surface area (TPSA) is 56.8 Å². The van der Waals surface area contributed by atoms with Gasteiger partial charge in [-0.05, 0) is 25.0 Å². The summed E-state index contributed by atoms with van der Waals surface area (Å²) >= 11 is 1.17. The summed E-state index contributed by atoms with van der Waals surface area (Å²) in [6.07, 6.45) is 1.92. The highest BCUT2D eigenvalue weighted by Gasteiger charge is 2.08. The first-order valence-electron chi connectivity index (χ1n) is 6.02. The normalized spacial score (nSPS) is 12.2. The van der Waals surface area contributed by atoms with Crippen molar-refractivity contribution in [2.45, 2.75) is 26.4 Å². The van der Waals surface area contributed by atoms with Crippen LogP contribution in [-0.2, 0) is 25.1 Å². The summed E-state index contributed by atoms with van der Waals surface area (Å²) in [7, 11) is 0. The summed E-state index contributed by atoms with van der Waals surface area (Å²) < 4.78 is 9.71. The van der Waals surface area contributed by atoms with E-state index in [0.29, 0.717) is 6.61 Å². The molecule has 106 valence electrons. The lowest BCUT2D eigenvalue weighted by Gasteiger charge is -2.12. The molecule has 0 fully saturated rings. The first kappa shape index (κ1) is 16.0. The van der Waals surface area contributed by atoms with Gasteiger partial charge in [0.1, 0.15) is 6.10 Å². The van der Waals surface area contributed by atoms with Crippen LogP contribution in [0.5, 0.6) is 0 Å². The van der Waals surface area contributed by atoms with Crippen LogP contribution in [0.25, 0.3) is 0 Å². The third kappa shape index (κ3) is 6.07. The maximum absolute atomic E-state index is 11.3. The minimum absolute atomic E-state index is 0.149. The molecule has 0 aliphatic carbocycles. The summed E-state index contributed by atoms with van der Waals surface area (Å²) in [6.45, 7) is 4.10. The highest BCUT2D eigenvalue weighted by molar-refractivity contribution is 7.93. The van der Waals surface area contributed by atoms with Gasteiger partial charge in [0.25, 0.3) is 0 Å².